The molecule has 4 nitrogen and oxygen atoms in total. The Kier molecular flexibility index (Phi) is 4.24. The normalized spacial score (nSPS) is 15.1. The second-order valence-corrected chi connectivity index (χ2v) is 5.23. The lowest BCUT2D eigenvalue weighted by molar-refractivity contribution is 0.653. The molecule has 3 rings (SSSR count). The van der Waals surface area contributed by atoms with E-state index in [4.69, 9.17) is 0 Å². The molecule has 21 heavy (non-hydrogen) atoms. The average Bonchev–Trinajstić information content (AvgIpc) is 2.57. The molecule has 0 amide bonds. The van der Waals surface area contributed by atoms with Crippen LogP contribution in [0.25, 0.3) is 0 Å². The molecule has 1 N–H and O–H groups in total. The number of nitrogens with zero attached hydrogens (tertiary/aromatic N) is 3. The Hall–Kier alpha value is -2.23. The zero-order chi connectivity index (χ0) is 14.5. The highest BCUT2D eigenvalue weighted by molar-refractivity contribution is 5.70. The second kappa shape index (κ2) is 6.48. The van der Waals surface area contributed by atoms with Gasteiger partial charge in [-0.25, -0.2) is 0 Å². The van der Waals surface area contributed by atoms with E-state index in [9.17, 15) is 0 Å². The number of para-hydroxylation sites is 2. The third kappa shape index (κ3) is 3.10. The monoisotopic (exact) mass is 282 g/mol. The summed E-state index contributed by atoms with van der Waals surface area (Å²) in [7, 11) is 0. The van der Waals surface area contributed by atoms with Crippen LogP contribution in [-0.4, -0.2) is 37.7 Å². The fourth-order valence-electron chi connectivity index (χ4n) is 2.85. The molecule has 0 radical (unpaired) electrons. The first-order valence-corrected chi connectivity index (χ1v) is 7.61. The molecule has 0 aliphatic carbocycles. The van der Waals surface area contributed by atoms with Crippen molar-refractivity contribution in [2.24, 2.45) is 0 Å². The lowest BCUT2D eigenvalue weighted by Crippen LogP contribution is -2.46. The Bertz CT molecular complexity index is 562. The quantitative estimate of drug-likeness (QED) is 0.934. The summed E-state index contributed by atoms with van der Waals surface area (Å²) in [5.41, 5.74) is 3.82. The van der Waals surface area contributed by atoms with Gasteiger partial charge in [0.15, 0.2) is 0 Å². The number of anilines is 3. The van der Waals surface area contributed by atoms with Crippen molar-refractivity contribution in [1.29, 1.82) is 0 Å². The highest BCUT2D eigenvalue weighted by Crippen LogP contribution is 2.27. The Balaban J connectivity index is 1.69. The number of hydrogen-bond donors (Lipinski definition) is 1. The van der Waals surface area contributed by atoms with Crippen molar-refractivity contribution in [2.75, 3.05) is 47.8 Å². The molecule has 4 heteroatoms. The van der Waals surface area contributed by atoms with Gasteiger partial charge in [0, 0.05) is 50.8 Å². The third-order valence-electron chi connectivity index (χ3n) is 3.92. The molecule has 2 aromatic rings. The molecule has 1 saturated heterocycles. The number of aromatic nitrogens is 1. The number of piperazine rings is 1. The Morgan fingerprint density at radius 3 is 2.33 bits per heavy atom. The molecule has 1 aromatic carbocycles. The van der Waals surface area contributed by atoms with E-state index in [1.165, 1.54) is 17.1 Å². The van der Waals surface area contributed by atoms with Crippen LogP contribution in [0, 0.1) is 0 Å². The lowest BCUT2D eigenvalue weighted by Gasteiger charge is -2.38. The summed E-state index contributed by atoms with van der Waals surface area (Å²) >= 11 is 0. The number of pyridine rings is 1. The van der Waals surface area contributed by atoms with Crippen molar-refractivity contribution >= 4 is 17.1 Å². The summed E-state index contributed by atoms with van der Waals surface area (Å²) in [6.45, 7) is 7.27. The molecule has 0 atom stereocenters. The largest absolute Gasteiger partial charge is 0.384 e. The van der Waals surface area contributed by atoms with Crippen LogP contribution in [0.4, 0.5) is 17.1 Å². The summed E-state index contributed by atoms with van der Waals surface area (Å²) in [6, 6.07) is 12.7. The van der Waals surface area contributed by atoms with Crippen molar-refractivity contribution in [3.05, 3.63) is 48.8 Å². The summed E-state index contributed by atoms with van der Waals surface area (Å²) < 4.78 is 0. The second-order valence-electron chi connectivity index (χ2n) is 5.23. The number of benzene rings is 1. The topological polar surface area (TPSA) is 31.4 Å². The van der Waals surface area contributed by atoms with Crippen molar-refractivity contribution < 1.29 is 0 Å². The van der Waals surface area contributed by atoms with Gasteiger partial charge in [0.25, 0.3) is 0 Å². The van der Waals surface area contributed by atoms with E-state index in [2.05, 4.69) is 63.4 Å². The molecule has 0 saturated carbocycles. The summed E-state index contributed by atoms with van der Waals surface area (Å²) in [5, 5.41) is 3.45. The van der Waals surface area contributed by atoms with Gasteiger partial charge in [-0.15, -0.1) is 0 Å². The number of nitrogens with one attached hydrogen (secondary N) is 1. The number of hydrogen-bond acceptors (Lipinski definition) is 4. The van der Waals surface area contributed by atoms with Crippen LogP contribution in [-0.2, 0) is 0 Å². The zero-order valence-corrected chi connectivity index (χ0v) is 12.5. The van der Waals surface area contributed by atoms with Crippen molar-refractivity contribution in [3.63, 3.8) is 0 Å². The highest BCUT2D eigenvalue weighted by Gasteiger charge is 2.19. The molecule has 1 aliphatic heterocycles. The smallest absolute Gasteiger partial charge is 0.0603 e. The Morgan fingerprint density at radius 1 is 0.952 bits per heavy atom. The maximum atomic E-state index is 4.09. The van der Waals surface area contributed by atoms with Crippen LogP contribution in [0.1, 0.15) is 6.92 Å². The van der Waals surface area contributed by atoms with Gasteiger partial charge in [0.2, 0.25) is 0 Å². The fourth-order valence-corrected chi connectivity index (χ4v) is 2.85. The molecule has 110 valence electrons. The van der Waals surface area contributed by atoms with Gasteiger partial charge in [-0.3, -0.25) is 4.98 Å². The van der Waals surface area contributed by atoms with Gasteiger partial charge < -0.3 is 15.1 Å². The molecule has 0 unspecified atom stereocenters. The molecule has 1 aromatic heterocycles. The van der Waals surface area contributed by atoms with E-state index < -0.39 is 0 Å². The molecule has 1 fully saturated rings. The minimum atomic E-state index is 0.952. The maximum Gasteiger partial charge on any atom is 0.0603 e. The van der Waals surface area contributed by atoms with E-state index in [0.29, 0.717) is 0 Å². The van der Waals surface area contributed by atoms with Gasteiger partial charge in [-0.2, -0.15) is 0 Å². The van der Waals surface area contributed by atoms with E-state index in [1.54, 1.807) is 0 Å². The minimum Gasteiger partial charge on any atom is -0.384 e. The molecular weight excluding hydrogens is 260 g/mol. The predicted octanol–water partition coefficient (Wildman–Crippen LogP) is 2.84. The summed E-state index contributed by atoms with van der Waals surface area (Å²) in [6.07, 6.45) is 3.73. The average molecular weight is 282 g/mol. The molecular formula is C17H22N4. The van der Waals surface area contributed by atoms with Crippen LogP contribution in [0.5, 0.6) is 0 Å². The fraction of sp³-hybridized carbons (Fsp3) is 0.353. The van der Waals surface area contributed by atoms with Crippen LogP contribution in [0.3, 0.4) is 0 Å². The van der Waals surface area contributed by atoms with Crippen LogP contribution in [0.2, 0.25) is 0 Å². The van der Waals surface area contributed by atoms with Gasteiger partial charge in [0.05, 0.1) is 11.4 Å². The molecule has 0 spiro atoms. The first kappa shape index (κ1) is 13.7. The van der Waals surface area contributed by atoms with Gasteiger partial charge in [0.1, 0.15) is 0 Å². The Morgan fingerprint density at radius 2 is 1.62 bits per heavy atom. The van der Waals surface area contributed by atoms with Crippen LogP contribution < -0.4 is 15.1 Å². The molecule has 0 bridgehead atoms. The number of rotatable bonds is 4. The Labute approximate surface area is 126 Å². The lowest BCUT2D eigenvalue weighted by atomic mass is 10.2. The minimum absolute atomic E-state index is 0.952. The van der Waals surface area contributed by atoms with Crippen LogP contribution in [0.15, 0.2) is 48.8 Å². The summed E-state index contributed by atoms with van der Waals surface area (Å²) in [4.78, 5) is 8.98. The van der Waals surface area contributed by atoms with Crippen molar-refractivity contribution in [2.45, 2.75) is 6.92 Å². The standard InChI is InChI=1S/C17H22N4/c1-2-19-16-5-3-4-6-17(16)21-13-11-20(12-14-21)15-7-9-18-10-8-15/h3-10,19H,2,11-14H2,1H3. The molecule has 1 aliphatic rings. The third-order valence-corrected chi connectivity index (χ3v) is 3.92. The van der Waals surface area contributed by atoms with Crippen LogP contribution >= 0.6 is 0 Å². The van der Waals surface area contributed by atoms with Gasteiger partial charge in [-0.05, 0) is 31.2 Å². The first-order valence-electron chi connectivity index (χ1n) is 7.61. The highest BCUT2D eigenvalue weighted by atomic mass is 15.3. The van der Waals surface area contributed by atoms with Crippen molar-refractivity contribution in [3.8, 4) is 0 Å². The summed E-state index contributed by atoms with van der Waals surface area (Å²) in [5.74, 6) is 0. The zero-order valence-electron chi connectivity index (χ0n) is 12.5. The SMILES string of the molecule is CCNc1ccccc1N1CCN(c2ccncc2)CC1. The molecule has 2 heterocycles. The van der Waals surface area contributed by atoms with Gasteiger partial charge in [-0.1, -0.05) is 12.1 Å². The van der Waals surface area contributed by atoms with E-state index >= 15 is 0 Å². The van der Waals surface area contributed by atoms with Gasteiger partial charge >= 0.3 is 0 Å². The van der Waals surface area contributed by atoms with Crippen molar-refractivity contribution in [1.82, 2.24) is 4.98 Å². The van der Waals surface area contributed by atoms with E-state index in [1.807, 2.05) is 12.4 Å². The predicted molar refractivity (Wildman–Crippen MR) is 89.3 cm³/mol. The maximum absolute atomic E-state index is 4.09. The first-order chi connectivity index (χ1) is 10.4. The van der Waals surface area contributed by atoms with E-state index in [0.717, 1.165) is 32.7 Å². The van der Waals surface area contributed by atoms with E-state index in [-0.39, 0.29) is 0 Å².